The Morgan fingerprint density at radius 3 is 1.27 bits per heavy atom. The molecule has 4 aromatic rings. The molecule has 0 bridgehead atoms. The molecule has 0 heterocycles. The minimum atomic E-state index is 1.02. The second kappa shape index (κ2) is 10.5. The Labute approximate surface area is 205 Å². The SMILES string of the molecule is C=CC(C(Br)=C(c1ccccc1)c1ccccc1)=C(c1ccc(C)cc1)c1ccc(C)cc1. The normalized spacial score (nSPS) is 10.4. The molecule has 33 heavy (non-hydrogen) atoms. The van der Waals surface area contributed by atoms with Gasteiger partial charge in [-0.15, -0.1) is 0 Å². The van der Waals surface area contributed by atoms with E-state index in [9.17, 15) is 0 Å². The van der Waals surface area contributed by atoms with Gasteiger partial charge in [0, 0.05) is 10.1 Å². The topological polar surface area (TPSA) is 0 Å². The zero-order valence-corrected chi connectivity index (χ0v) is 20.6. The van der Waals surface area contributed by atoms with Crippen molar-refractivity contribution in [3.63, 3.8) is 0 Å². The summed E-state index contributed by atoms with van der Waals surface area (Å²) in [5.41, 5.74) is 10.5. The first-order valence-electron chi connectivity index (χ1n) is 11.1. The number of allylic oxidation sites excluding steroid dienone is 3. The lowest BCUT2D eigenvalue weighted by atomic mass is 9.89. The van der Waals surface area contributed by atoms with Crippen molar-refractivity contribution in [2.24, 2.45) is 0 Å². The van der Waals surface area contributed by atoms with E-state index in [1.165, 1.54) is 11.1 Å². The summed E-state index contributed by atoms with van der Waals surface area (Å²) in [5, 5.41) is 0. The largest absolute Gasteiger partial charge is 0.0984 e. The van der Waals surface area contributed by atoms with Crippen molar-refractivity contribution in [3.8, 4) is 0 Å². The molecule has 0 saturated heterocycles. The van der Waals surface area contributed by atoms with E-state index in [0.29, 0.717) is 0 Å². The molecule has 0 nitrogen and oxygen atoms in total. The maximum atomic E-state index is 4.24. The molecule has 0 spiro atoms. The van der Waals surface area contributed by atoms with Gasteiger partial charge in [0.2, 0.25) is 0 Å². The van der Waals surface area contributed by atoms with Crippen molar-refractivity contribution in [2.45, 2.75) is 13.8 Å². The molecular formula is C32H27Br. The number of halogens is 1. The summed E-state index contributed by atoms with van der Waals surface area (Å²) >= 11 is 4.02. The molecule has 4 aromatic carbocycles. The number of hydrogen-bond acceptors (Lipinski definition) is 0. The maximum Gasteiger partial charge on any atom is 0.0338 e. The first-order valence-corrected chi connectivity index (χ1v) is 11.9. The van der Waals surface area contributed by atoms with Gasteiger partial charge in [0.25, 0.3) is 0 Å². The Bertz CT molecular complexity index is 1200. The summed E-state index contributed by atoms with van der Waals surface area (Å²) in [4.78, 5) is 0. The second-order valence-corrected chi connectivity index (χ2v) is 8.94. The highest BCUT2D eigenvalue weighted by molar-refractivity contribution is 9.12. The Kier molecular flexibility index (Phi) is 7.22. The Hall–Kier alpha value is -3.42. The number of aryl methyl sites for hydroxylation is 2. The molecule has 0 aliphatic rings. The molecule has 0 fully saturated rings. The first kappa shape index (κ1) is 22.8. The van der Waals surface area contributed by atoms with Gasteiger partial charge >= 0.3 is 0 Å². The minimum absolute atomic E-state index is 1.02. The molecule has 1 heteroatoms. The molecule has 0 aromatic heterocycles. The van der Waals surface area contributed by atoms with E-state index >= 15 is 0 Å². The van der Waals surface area contributed by atoms with E-state index in [1.807, 2.05) is 18.2 Å². The van der Waals surface area contributed by atoms with Gasteiger partial charge < -0.3 is 0 Å². The van der Waals surface area contributed by atoms with Crippen LogP contribution in [0.25, 0.3) is 11.1 Å². The van der Waals surface area contributed by atoms with Crippen molar-refractivity contribution < 1.29 is 0 Å². The molecule has 0 aliphatic carbocycles. The van der Waals surface area contributed by atoms with Gasteiger partial charge in [-0.3, -0.25) is 0 Å². The lowest BCUT2D eigenvalue weighted by Crippen LogP contribution is -1.98. The van der Waals surface area contributed by atoms with Crippen LogP contribution in [0, 0.1) is 13.8 Å². The van der Waals surface area contributed by atoms with E-state index in [-0.39, 0.29) is 0 Å². The molecule has 0 atom stereocenters. The molecule has 0 amide bonds. The summed E-state index contributed by atoms with van der Waals surface area (Å²) < 4.78 is 1.02. The van der Waals surface area contributed by atoms with Crippen molar-refractivity contribution >= 4 is 27.1 Å². The lowest BCUT2D eigenvalue weighted by molar-refractivity contribution is 1.41. The van der Waals surface area contributed by atoms with E-state index in [4.69, 9.17) is 0 Å². The third kappa shape index (κ3) is 5.16. The van der Waals surface area contributed by atoms with Gasteiger partial charge in [0.1, 0.15) is 0 Å². The van der Waals surface area contributed by atoms with Crippen LogP contribution in [0.15, 0.2) is 132 Å². The molecule has 0 N–H and O–H groups in total. The number of rotatable bonds is 6. The third-order valence-electron chi connectivity index (χ3n) is 5.73. The monoisotopic (exact) mass is 490 g/mol. The van der Waals surface area contributed by atoms with Gasteiger partial charge in [-0.1, -0.05) is 133 Å². The fourth-order valence-electron chi connectivity index (χ4n) is 3.98. The standard InChI is InChI=1S/C32H27Br/c1-4-29(30(27-19-15-23(2)16-20-27)28-21-17-24(3)18-22-28)32(33)31(25-11-7-5-8-12-25)26-13-9-6-10-14-26/h4-22H,1H2,2-3H3. The van der Waals surface area contributed by atoms with Crippen LogP contribution in [0.1, 0.15) is 33.4 Å². The average molecular weight is 491 g/mol. The maximum absolute atomic E-state index is 4.24. The van der Waals surface area contributed by atoms with E-state index in [1.54, 1.807) is 0 Å². The Morgan fingerprint density at radius 1 is 0.545 bits per heavy atom. The average Bonchev–Trinajstić information content (AvgIpc) is 2.85. The first-order chi connectivity index (χ1) is 16.1. The smallest absolute Gasteiger partial charge is 0.0338 e. The van der Waals surface area contributed by atoms with Crippen LogP contribution < -0.4 is 0 Å². The summed E-state index contributed by atoms with van der Waals surface area (Å²) in [7, 11) is 0. The molecule has 0 saturated carbocycles. The zero-order valence-electron chi connectivity index (χ0n) is 19.1. The van der Waals surface area contributed by atoms with E-state index in [0.717, 1.165) is 43.5 Å². The van der Waals surface area contributed by atoms with E-state index in [2.05, 4.69) is 133 Å². The Balaban J connectivity index is 2.06. The summed E-state index contributed by atoms with van der Waals surface area (Å²) in [5.74, 6) is 0. The summed E-state index contributed by atoms with van der Waals surface area (Å²) in [6.45, 7) is 8.47. The molecule has 4 rings (SSSR count). The van der Waals surface area contributed by atoms with Crippen LogP contribution in [-0.2, 0) is 0 Å². The van der Waals surface area contributed by atoms with Gasteiger partial charge in [0.15, 0.2) is 0 Å². The van der Waals surface area contributed by atoms with Crippen molar-refractivity contribution in [3.05, 3.63) is 165 Å². The summed E-state index contributed by atoms with van der Waals surface area (Å²) in [6.07, 6.45) is 1.96. The number of hydrogen-bond donors (Lipinski definition) is 0. The highest BCUT2D eigenvalue weighted by atomic mass is 79.9. The molecule has 0 unspecified atom stereocenters. The van der Waals surface area contributed by atoms with Crippen LogP contribution in [0.5, 0.6) is 0 Å². The van der Waals surface area contributed by atoms with Crippen LogP contribution in [0.3, 0.4) is 0 Å². The lowest BCUT2D eigenvalue weighted by Gasteiger charge is -2.18. The molecule has 162 valence electrons. The van der Waals surface area contributed by atoms with Crippen LogP contribution in [0.4, 0.5) is 0 Å². The third-order valence-corrected chi connectivity index (χ3v) is 6.56. The molecule has 0 aliphatic heterocycles. The van der Waals surface area contributed by atoms with Crippen molar-refractivity contribution in [1.82, 2.24) is 0 Å². The molecular weight excluding hydrogens is 464 g/mol. The van der Waals surface area contributed by atoms with Crippen molar-refractivity contribution in [1.29, 1.82) is 0 Å². The highest BCUT2D eigenvalue weighted by Crippen LogP contribution is 2.39. The van der Waals surface area contributed by atoms with Crippen LogP contribution in [-0.4, -0.2) is 0 Å². The van der Waals surface area contributed by atoms with Crippen LogP contribution in [0.2, 0.25) is 0 Å². The van der Waals surface area contributed by atoms with E-state index < -0.39 is 0 Å². The highest BCUT2D eigenvalue weighted by Gasteiger charge is 2.17. The minimum Gasteiger partial charge on any atom is -0.0984 e. The second-order valence-electron chi connectivity index (χ2n) is 8.15. The fraction of sp³-hybridized carbons (Fsp3) is 0.0625. The van der Waals surface area contributed by atoms with Gasteiger partial charge in [-0.05, 0) is 63.2 Å². The van der Waals surface area contributed by atoms with Gasteiger partial charge in [-0.25, -0.2) is 0 Å². The summed E-state index contributed by atoms with van der Waals surface area (Å²) in [6, 6.07) is 38.5. The van der Waals surface area contributed by atoms with Gasteiger partial charge in [0.05, 0.1) is 0 Å². The fourth-order valence-corrected chi connectivity index (χ4v) is 4.80. The number of benzene rings is 4. The quantitative estimate of drug-likeness (QED) is 0.236. The zero-order chi connectivity index (χ0) is 23.2. The Morgan fingerprint density at radius 2 is 0.909 bits per heavy atom. The van der Waals surface area contributed by atoms with Gasteiger partial charge in [-0.2, -0.15) is 0 Å². The van der Waals surface area contributed by atoms with Crippen LogP contribution >= 0.6 is 15.9 Å². The predicted octanol–water partition coefficient (Wildman–Crippen LogP) is 9.15. The molecule has 0 radical (unpaired) electrons. The van der Waals surface area contributed by atoms with Crippen molar-refractivity contribution in [2.75, 3.05) is 0 Å². The predicted molar refractivity (Wildman–Crippen MR) is 146 cm³/mol.